The maximum absolute atomic E-state index is 12.3. The van der Waals surface area contributed by atoms with Crippen molar-refractivity contribution in [3.05, 3.63) is 42.0 Å². The van der Waals surface area contributed by atoms with E-state index in [1.807, 2.05) is 30.3 Å². The summed E-state index contributed by atoms with van der Waals surface area (Å²) in [5.74, 6) is 0.394. The zero-order valence-corrected chi connectivity index (χ0v) is 11.9. The zero-order valence-electron chi connectivity index (χ0n) is 11.9. The summed E-state index contributed by atoms with van der Waals surface area (Å²) in [6, 6.07) is 11.1. The number of hydrogen-bond donors (Lipinski definition) is 3. The lowest BCUT2D eigenvalue weighted by atomic mass is 9.98. The topological polar surface area (TPSA) is 61.4 Å². The highest BCUT2D eigenvalue weighted by atomic mass is 16.3. The third kappa shape index (κ3) is 3.00. The second-order valence-corrected chi connectivity index (χ2v) is 5.59. The Bertz CT molecular complexity index is 648. The Labute approximate surface area is 124 Å². The number of rotatable bonds is 3. The van der Waals surface area contributed by atoms with Gasteiger partial charge in [0.05, 0.1) is 5.56 Å². The summed E-state index contributed by atoms with van der Waals surface area (Å²) in [6.45, 7) is 2.70. The molecule has 0 atom stereocenters. The standard InChI is InChI=1S/C17H20N2O2/c20-16-14-4-2-1-3-13(14)5-6-15(16)17(21)19-11-12-7-9-18-10-8-12/h1-6,12,18,20H,7-11H2,(H,19,21). The van der Waals surface area contributed by atoms with E-state index in [9.17, 15) is 9.90 Å². The van der Waals surface area contributed by atoms with Gasteiger partial charge in [-0.15, -0.1) is 0 Å². The SMILES string of the molecule is O=C(NCC1CCNCC1)c1ccc2ccccc2c1O. The van der Waals surface area contributed by atoms with Crippen molar-refractivity contribution in [1.82, 2.24) is 10.6 Å². The van der Waals surface area contributed by atoms with Gasteiger partial charge in [-0.05, 0) is 43.3 Å². The molecule has 0 saturated carbocycles. The summed E-state index contributed by atoms with van der Waals surface area (Å²) in [5.41, 5.74) is 0.350. The Hall–Kier alpha value is -2.07. The smallest absolute Gasteiger partial charge is 0.255 e. The Morgan fingerprint density at radius 1 is 1.19 bits per heavy atom. The van der Waals surface area contributed by atoms with Gasteiger partial charge in [-0.3, -0.25) is 4.79 Å². The first-order valence-electron chi connectivity index (χ1n) is 7.45. The fraction of sp³-hybridized carbons (Fsp3) is 0.353. The van der Waals surface area contributed by atoms with Crippen molar-refractivity contribution >= 4 is 16.7 Å². The Kier molecular flexibility index (Phi) is 4.06. The van der Waals surface area contributed by atoms with Crippen molar-refractivity contribution in [1.29, 1.82) is 0 Å². The minimum absolute atomic E-state index is 0.0657. The second kappa shape index (κ2) is 6.14. The molecule has 21 heavy (non-hydrogen) atoms. The number of amides is 1. The fourth-order valence-electron chi connectivity index (χ4n) is 2.86. The third-order valence-electron chi connectivity index (χ3n) is 4.16. The zero-order chi connectivity index (χ0) is 14.7. The molecular weight excluding hydrogens is 264 g/mol. The Morgan fingerprint density at radius 2 is 1.95 bits per heavy atom. The molecule has 2 aromatic carbocycles. The van der Waals surface area contributed by atoms with Crippen LogP contribution in [0.4, 0.5) is 0 Å². The Balaban J connectivity index is 1.73. The third-order valence-corrected chi connectivity index (χ3v) is 4.16. The number of phenolic OH excluding ortho intramolecular Hbond substituents is 1. The summed E-state index contributed by atoms with van der Waals surface area (Å²) in [4.78, 5) is 12.3. The van der Waals surface area contributed by atoms with Gasteiger partial charge >= 0.3 is 0 Å². The summed E-state index contributed by atoms with van der Waals surface area (Å²) in [6.07, 6.45) is 2.17. The molecule has 1 fully saturated rings. The molecule has 1 saturated heterocycles. The Morgan fingerprint density at radius 3 is 2.76 bits per heavy atom. The summed E-state index contributed by atoms with van der Waals surface area (Å²) < 4.78 is 0. The summed E-state index contributed by atoms with van der Waals surface area (Å²) in [7, 11) is 0. The molecule has 4 nitrogen and oxygen atoms in total. The van der Waals surface area contributed by atoms with Crippen LogP contribution in [0.3, 0.4) is 0 Å². The quantitative estimate of drug-likeness (QED) is 0.810. The average molecular weight is 284 g/mol. The number of piperidine rings is 1. The monoisotopic (exact) mass is 284 g/mol. The van der Waals surface area contributed by atoms with E-state index in [0.717, 1.165) is 31.3 Å². The van der Waals surface area contributed by atoms with E-state index in [2.05, 4.69) is 10.6 Å². The van der Waals surface area contributed by atoms with Crippen molar-refractivity contribution in [2.24, 2.45) is 5.92 Å². The van der Waals surface area contributed by atoms with Crippen LogP contribution in [0, 0.1) is 5.92 Å². The molecule has 0 bridgehead atoms. The van der Waals surface area contributed by atoms with E-state index in [4.69, 9.17) is 0 Å². The molecule has 3 rings (SSSR count). The highest BCUT2D eigenvalue weighted by Gasteiger charge is 2.17. The highest BCUT2D eigenvalue weighted by Crippen LogP contribution is 2.28. The molecule has 0 unspecified atom stereocenters. The average Bonchev–Trinajstić information content (AvgIpc) is 2.54. The van der Waals surface area contributed by atoms with Crippen LogP contribution in [0.5, 0.6) is 5.75 Å². The predicted octanol–water partition coefficient (Wildman–Crippen LogP) is 2.27. The predicted molar refractivity (Wildman–Crippen MR) is 83.5 cm³/mol. The number of phenols is 1. The molecule has 1 heterocycles. The van der Waals surface area contributed by atoms with Gasteiger partial charge in [0.25, 0.3) is 5.91 Å². The van der Waals surface area contributed by atoms with E-state index in [-0.39, 0.29) is 11.7 Å². The van der Waals surface area contributed by atoms with Crippen molar-refractivity contribution in [2.45, 2.75) is 12.8 Å². The van der Waals surface area contributed by atoms with Gasteiger partial charge < -0.3 is 15.7 Å². The van der Waals surface area contributed by atoms with Crippen molar-refractivity contribution < 1.29 is 9.90 Å². The molecule has 2 aromatic rings. The van der Waals surface area contributed by atoms with Gasteiger partial charge in [0.1, 0.15) is 5.75 Å². The van der Waals surface area contributed by atoms with E-state index in [1.54, 1.807) is 6.07 Å². The molecule has 110 valence electrons. The first-order chi connectivity index (χ1) is 10.3. The number of aromatic hydroxyl groups is 1. The number of carbonyl (C=O) groups is 1. The normalized spacial score (nSPS) is 16.0. The first-order valence-corrected chi connectivity index (χ1v) is 7.45. The van der Waals surface area contributed by atoms with E-state index < -0.39 is 0 Å². The highest BCUT2D eigenvalue weighted by molar-refractivity contribution is 6.03. The van der Waals surface area contributed by atoms with Crippen LogP contribution >= 0.6 is 0 Å². The van der Waals surface area contributed by atoms with Crippen molar-refractivity contribution in [3.63, 3.8) is 0 Å². The fourth-order valence-corrected chi connectivity index (χ4v) is 2.86. The van der Waals surface area contributed by atoms with E-state index >= 15 is 0 Å². The maximum Gasteiger partial charge on any atom is 0.255 e. The van der Waals surface area contributed by atoms with Crippen LogP contribution < -0.4 is 10.6 Å². The van der Waals surface area contributed by atoms with Crippen LogP contribution in [0.2, 0.25) is 0 Å². The van der Waals surface area contributed by atoms with Gasteiger partial charge in [0.15, 0.2) is 0 Å². The van der Waals surface area contributed by atoms with Gasteiger partial charge in [0.2, 0.25) is 0 Å². The lowest BCUT2D eigenvalue weighted by Crippen LogP contribution is -2.36. The lowest BCUT2D eigenvalue weighted by Gasteiger charge is -2.22. The van der Waals surface area contributed by atoms with Crippen molar-refractivity contribution in [3.8, 4) is 5.75 Å². The molecule has 4 heteroatoms. The molecule has 3 N–H and O–H groups in total. The van der Waals surface area contributed by atoms with Crippen LogP contribution in [-0.2, 0) is 0 Å². The number of hydrogen-bond acceptors (Lipinski definition) is 3. The van der Waals surface area contributed by atoms with Gasteiger partial charge in [-0.2, -0.15) is 0 Å². The van der Waals surface area contributed by atoms with Crippen LogP contribution in [-0.4, -0.2) is 30.6 Å². The molecule has 1 aliphatic rings. The molecule has 0 spiro atoms. The maximum atomic E-state index is 12.3. The molecule has 1 amide bonds. The number of nitrogens with one attached hydrogen (secondary N) is 2. The summed E-state index contributed by atoms with van der Waals surface area (Å²) >= 11 is 0. The van der Waals surface area contributed by atoms with E-state index in [1.165, 1.54) is 0 Å². The second-order valence-electron chi connectivity index (χ2n) is 5.59. The van der Waals surface area contributed by atoms with Gasteiger partial charge in [0, 0.05) is 11.9 Å². The number of fused-ring (bicyclic) bond motifs is 1. The first kappa shape index (κ1) is 13.9. The van der Waals surface area contributed by atoms with Gasteiger partial charge in [-0.25, -0.2) is 0 Å². The molecule has 1 aliphatic heterocycles. The molecule has 0 radical (unpaired) electrons. The van der Waals surface area contributed by atoms with Crippen LogP contribution in [0.25, 0.3) is 10.8 Å². The molecule has 0 aliphatic carbocycles. The van der Waals surface area contributed by atoms with E-state index in [0.29, 0.717) is 23.4 Å². The van der Waals surface area contributed by atoms with Gasteiger partial charge in [-0.1, -0.05) is 30.3 Å². The van der Waals surface area contributed by atoms with Crippen LogP contribution in [0.15, 0.2) is 36.4 Å². The minimum Gasteiger partial charge on any atom is -0.506 e. The lowest BCUT2D eigenvalue weighted by molar-refractivity contribution is 0.0942. The number of benzene rings is 2. The molecule has 0 aromatic heterocycles. The largest absolute Gasteiger partial charge is 0.506 e. The molecular formula is C17H20N2O2. The number of carbonyl (C=O) groups excluding carboxylic acids is 1. The van der Waals surface area contributed by atoms with Crippen molar-refractivity contribution in [2.75, 3.05) is 19.6 Å². The summed E-state index contributed by atoms with van der Waals surface area (Å²) in [5, 5.41) is 18.2. The van der Waals surface area contributed by atoms with Crippen LogP contribution in [0.1, 0.15) is 23.2 Å². The minimum atomic E-state index is -0.197.